The molecule has 0 aromatic heterocycles. The van der Waals surface area contributed by atoms with E-state index in [1.54, 1.807) is 0 Å². The minimum absolute atomic E-state index is 0.0629. The second-order valence-corrected chi connectivity index (χ2v) is 2.75. The van der Waals surface area contributed by atoms with Crippen molar-refractivity contribution in [2.45, 2.75) is 6.42 Å². The predicted octanol–water partition coefficient (Wildman–Crippen LogP) is 0.768. The number of hydrogen-bond acceptors (Lipinski definition) is 4. The van der Waals surface area contributed by atoms with E-state index in [1.807, 2.05) is 0 Å². The zero-order valence-electron chi connectivity index (χ0n) is 7.33. The molecule has 0 radical (unpaired) electrons. The molecule has 4 N–H and O–H groups in total. The number of nitrogens with two attached hydrogens (primary N) is 1. The average molecular weight is 199 g/mol. The molecule has 76 valence electrons. The van der Waals surface area contributed by atoms with Gasteiger partial charge in [0.2, 0.25) is 0 Å². The predicted molar refractivity (Wildman–Crippen MR) is 47.7 cm³/mol. The fourth-order valence-corrected chi connectivity index (χ4v) is 1.08. The fourth-order valence-electron chi connectivity index (χ4n) is 1.08. The van der Waals surface area contributed by atoms with Gasteiger partial charge in [-0.15, -0.1) is 0 Å². The number of aromatic hydroxyl groups is 2. The van der Waals surface area contributed by atoms with Gasteiger partial charge in [-0.3, -0.25) is 4.79 Å². The normalized spacial score (nSPS) is 10.1. The van der Waals surface area contributed by atoms with Gasteiger partial charge in [0.05, 0.1) is 5.56 Å². The van der Waals surface area contributed by atoms with Gasteiger partial charge in [-0.1, -0.05) is 0 Å². The SMILES string of the molecule is NCCC(=O)c1c(F)ccc(O)c1O. The molecular formula is C9H10FNO3. The fraction of sp³-hybridized carbons (Fsp3) is 0.222. The van der Waals surface area contributed by atoms with E-state index >= 15 is 0 Å². The number of phenolic OH excluding ortho intramolecular Hbond substituents is 2. The number of Topliss-reactive ketones (excluding diaryl/α,β-unsaturated/α-hetero) is 1. The van der Waals surface area contributed by atoms with Crippen LogP contribution in [0.25, 0.3) is 0 Å². The van der Waals surface area contributed by atoms with Crippen molar-refractivity contribution < 1.29 is 19.4 Å². The van der Waals surface area contributed by atoms with Crippen molar-refractivity contribution in [3.63, 3.8) is 0 Å². The first kappa shape index (κ1) is 10.5. The molecule has 1 aromatic carbocycles. The molecule has 0 bridgehead atoms. The Morgan fingerprint density at radius 3 is 2.64 bits per heavy atom. The van der Waals surface area contributed by atoms with Crippen LogP contribution in [0.15, 0.2) is 12.1 Å². The van der Waals surface area contributed by atoms with E-state index in [4.69, 9.17) is 10.8 Å². The molecular weight excluding hydrogens is 189 g/mol. The summed E-state index contributed by atoms with van der Waals surface area (Å²) in [7, 11) is 0. The van der Waals surface area contributed by atoms with Crippen molar-refractivity contribution in [3.8, 4) is 11.5 Å². The van der Waals surface area contributed by atoms with E-state index in [0.717, 1.165) is 12.1 Å². The van der Waals surface area contributed by atoms with Crippen LogP contribution >= 0.6 is 0 Å². The number of rotatable bonds is 3. The van der Waals surface area contributed by atoms with Gasteiger partial charge in [-0.05, 0) is 18.7 Å². The van der Waals surface area contributed by atoms with Crippen LogP contribution in [0.3, 0.4) is 0 Å². The van der Waals surface area contributed by atoms with Crippen molar-refractivity contribution in [1.82, 2.24) is 0 Å². The van der Waals surface area contributed by atoms with Gasteiger partial charge >= 0.3 is 0 Å². The van der Waals surface area contributed by atoms with Crippen LogP contribution in [-0.4, -0.2) is 22.5 Å². The summed E-state index contributed by atoms with van der Waals surface area (Å²) < 4.78 is 13.1. The molecule has 0 spiro atoms. The van der Waals surface area contributed by atoms with Crippen LogP contribution in [0.1, 0.15) is 16.8 Å². The maximum atomic E-state index is 13.1. The Bertz CT molecular complexity index is 365. The summed E-state index contributed by atoms with van der Waals surface area (Å²) in [6.45, 7) is 0.0629. The lowest BCUT2D eigenvalue weighted by Gasteiger charge is -2.05. The number of halogens is 1. The average Bonchev–Trinajstić information content (AvgIpc) is 2.13. The third-order valence-electron chi connectivity index (χ3n) is 1.76. The summed E-state index contributed by atoms with van der Waals surface area (Å²) in [4.78, 5) is 11.2. The molecule has 0 aliphatic heterocycles. The van der Waals surface area contributed by atoms with Crippen molar-refractivity contribution >= 4 is 5.78 Å². The number of benzene rings is 1. The maximum Gasteiger partial charge on any atom is 0.171 e. The smallest absolute Gasteiger partial charge is 0.171 e. The van der Waals surface area contributed by atoms with Crippen LogP contribution in [0.4, 0.5) is 4.39 Å². The molecule has 0 aliphatic rings. The Labute approximate surface area is 79.8 Å². The summed E-state index contributed by atoms with van der Waals surface area (Å²) in [6.07, 6.45) is -0.0755. The molecule has 0 heterocycles. The van der Waals surface area contributed by atoms with E-state index in [-0.39, 0.29) is 13.0 Å². The number of phenols is 2. The van der Waals surface area contributed by atoms with Crippen LogP contribution < -0.4 is 5.73 Å². The number of hydrogen-bond donors (Lipinski definition) is 3. The van der Waals surface area contributed by atoms with Crippen LogP contribution in [-0.2, 0) is 0 Å². The highest BCUT2D eigenvalue weighted by molar-refractivity contribution is 5.99. The van der Waals surface area contributed by atoms with Crippen molar-refractivity contribution in [2.75, 3.05) is 6.54 Å². The first-order valence-electron chi connectivity index (χ1n) is 4.01. The van der Waals surface area contributed by atoms with E-state index < -0.39 is 28.7 Å². The summed E-state index contributed by atoms with van der Waals surface area (Å²) in [5, 5.41) is 18.3. The lowest BCUT2D eigenvalue weighted by Crippen LogP contribution is -2.10. The lowest BCUT2D eigenvalue weighted by molar-refractivity contribution is 0.0978. The Balaban J connectivity index is 3.18. The standard InChI is InChI=1S/C9H10FNO3/c10-5-1-2-7(13)9(14)8(5)6(12)3-4-11/h1-2,13-14H,3-4,11H2. The third-order valence-corrected chi connectivity index (χ3v) is 1.76. The van der Waals surface area contributed by atoms with Crippen LogP contribution in [0.5, 0.6) is 11.5 Å². The van der Waals surface area contributed by atoms with Crippen LogP contribution in [0.2, 0.25) is 0 Å². The van der Waals surface area contributed by atoms with Crippen molar-refractivity contribution in [2.24, 2.45) is 5.73 Å². The molecule has 1 rings (SSSR count). The van der Waals surface area contributed by atoms with Crippen LogP contribution in [0, 0.1) is 5.82 Å². The maximum absolute atomic E-state index is 13.1. The Hall–Kier alpha value is -1.62. The largest absolute Gasteiger partial charge is 0.504 e. The van der Waals surface area contributed by atoms with Gasteiger partial charge in [0, 0.05) is 6.42 Å². The number of carbonyl (C=O) groups excluding carboxylic acids is 1. The highest BCUT2D eigenvalue weighted by atomic mass is 19.1. The molecule has 0 unspecified atom stereocenters. The molecule has 4 nitrogen and oxygen atoms in total. The van der Waals surface area contributed by atoms with Gasteiger partial charge in [-0.25, -0.2) is 4.39 Å². The molecule has 0 aliphatic carbocycles. The Morgan fingerprint density at radius 1 is 1.43 bits per heavy atom. The third kappa shape index (κ3) is 1.82. The number of carbonyl (C=O) groups is 1. The van der Waals surface area contributed by atoms with Crippen molar-refractivity contribution in [1.29, 1.82) is 0 Å². The zero-order valence-corrected chi connectivity index (χ0v) is 7.33. The van der Waals surface area contributed by atoms with Gasteiger partial charge < -0.3 is 15.9 Å². The lowest BCUT2D eigenvalue weighted by atomic mass is 10.1. The highest BCUT2D eigenvalue weighted by Crippen LogP contribution is 2.31. The Kier molecular flexibility index (Phi) is 3.03. The molecule has 0 saturated heterocycles. The first-order chi connectivity index (χ1) is 6.57. The van der Waals surface area contributed by atoms with E-state index in [9.17, 15) is 14.3 Å². The molecule has 14 heavy (non-hydrogen) atoms. The topological polar surface area (TPSA) is 83.6 Å². The first-order valence-corrected chi connectivity index (χ1v) is 4.01. The second-order valence-electron chi connectivity index (χ2n) is 2.75. The summed E-state index contributed by atoms with van der Waals surface area (Å²) in [6, 6.07) is 1.89. The minimum Gasteiger partial charge on any atom is -0.504 e. The van der Waals surface area contributed by atoms with Gasteiger partial charge in [0.1, 0.15) is 5.82 Å². The zero-order chi connectivity index (χ0) is 10.7. The molecule has 0 atom stereocenters. The Morgan fingerprint density at radius 2 is 2.07 bits per heavy atom. The van der Waals surface area contributed by atoms with E-state index in [2.05, 4.69) is 0 Å². The second kappa shape index (κ2) is 4.06. The summed E-state index contributed by atoms with van der Waals surface area (Å²) in [5.41, 5.74) is 4.61. The van der Waals surface area contributed by atoms with Gasteiger partial charge in [-0.2, -0.15) is 0 Å². The van der Waals surface area contributed by atoms with Crippen molar-refractivity contribution in [3.05, 3.63) is 23.5 Å². The minimum atomic E-state index is -0.862. The van der Waals surface area contributed by atoms with E-state index in [0.29, 0.717) is 0 Å². The molecule has 0 saturated carbocycles. The number of ketones is 1. The summed E-state index contributed by atoms with van der Waals surface area (Å²) >= 11 is 0. The van der Waals surface area contributed by atoms with Gasteiger partial charge in [0.15, 0.2) is 17.3 Å². The molecule has 0 fully saturated rings. The molecule has 0 amide bonds. The van der Waals surface area contributed by atoms with E-state index in [1.165, 1.54) is 0 Å². The quantitative estimate of drug-likeness (QED) is 0.496. The molecule has 1 aromatic rings. The highest BCUT2D eigenvalue weighted by Gasteiger charge is 2.18. The monoisotopic (exact) mass is 199 g/mol. The summed E-state index contributed by atoms with van der Waals surface area (Å²) in [5.74, 6) is -2.74. The van der Waals surface area contributed by atoms with Gasteiger partial charge in [0.25, 0.3) is 0 Å². The molecule has 5 heteroatoms.